The molecule has 0 aromatic rings. The van der Waals surface area contributed by atoms with E-state index < -0.39 is 0 Å². The lowest BCUT2D eigenvalue weighted by molar-refractivity contribution is -0.139. The van der Waals surface area contributed by atoms with Crippen molar-refractivity contribution >= 4 is 27.7 Å². The standard InChI is InChI=1S/C12H16BrNO2/c13-7-3-4-8-14-11(15)9-5-1-2-6-10(9)12(14)16/h1-2,9-10H,3-8H2. The van der Waals surface area contributed by atoms with Gasteiger partial charge in [-0.05, 0) is 25.7 Å². The number of carbonyl (C=O) groups is 2. The quantitative estimate of drug-likeness (QED) is 0.343. The Balaban J connectivity index is 2.00. The summed E-state index contributed by atoms with van der Waals surface area (Å²) in [6.45, 7) is 0.594. The van der Waals surface area contributed by atoms with Gasteiger partial charge in [0.25, 0.3) is 0 Å². The summed E-state index contributed by atoms with van der Waals surface area (Å²) in [6, 6.07) is 0. The van der Waals surface area contributed by atoms with Gasteiger partial charge in [0.1, 0.15) is 0 Å². The van der Waals surface area contributed by atoms with Crippen LogP contribution in [0.2, 0.25) is 0 Å². The summed E-state index contributed by atoms with van der Waals surface area (Å²) in [5.41, 5.74) is 0. The van der Waals surface area contributed by atoms with Crippen molar-refractivity contribution in [2.75, 3.05) is 11.9 Å². The van der Waals surface area contributed by atoms with Gasteiger partial charge in [-0.25, -0.2) is 0 Å². The molecule has 16 heavy (non-hydrogen) atoms. The molecule has 1 saturated heterocycles. The molecule has 2 aliphatic rings. The van der Waals surface area contributed by atoms with Crippen LogP contribution in [0, 0.1) is 11.8 Å². The minimum absolute atomic E-state index is 0.0499. The van der Waals surface area contributed by atoms with Crippen molar-refractivity contribution in [2.45, 2.75) is 25.7 Å². The molecule has 0 aromatic carbocycles. The second kappa shape index (κ2) is 5.13. The third-order valence-electron chi connectivity index (χ3n) is 3.36. The first-order valence-corrected chi connectivity index (χ1v) is 6.94. The molecule has 4 heteroatoms. The molecular weight excluding hydrogens is 270 g/mol. The molecule has 1 aliphatic heterocycles. The van der Waals surface area contributed by atoms with Gasteiger partial charge < -0.3 is 0 Å². The molecule has 3 nitrogen and oxygen atoms in total. The second-order valence-electron chi connectivity index (χ2n) is 4.38. The summed E-state index contributed by atoms with van der Waals surface area (Å²) in [6.07, 6.45) is 7.43. The number of fused-ring (bicyclic) bond motifs is 1. The number of likely N-dealkylation sites (tertiary alicyclic amines) is 1. The summed E-state index contributed by atoms with van der Waals surface area (Å²) in [7, 11) is 0. The van der Waals surface area contributed by atoms with Gasteiger partial charge in [0.15, 0.2) is 0 Å². The fourth-order valence-corrected chi connectivity index (χ4v) is 2.85. The van der Waals surface area contributed by atoms with E-state index in [0.717, 1.165) is 31.0 Å². The Labute approximate surface area is 104 Å². The summed E-state index contributed by atoms with van der Waals surface area (Å²) in [5.74, 6) is -0.0363. The van der Waals surface area contributed by atoms with Gasteiger partial charge >= 0.3 is 0 Å². The van der Waals surface area contributed by atoms with E-state index in [1.165, 1.54) is 4.90 Å². The normalized spacial score (nSPS) is 28.7. The predicted molar refractivity (Wildman–Crippen MR) is 65.1 cm³/mol. The van der Waals surface area contributed by atoms with Gasteiger partial charge in [-0.3, -0.25) is 14.5 Å². The smallest absolute Gasteiger partial charge is 0.233 e. The van der Waals surface area contributed by atoms with Crippen LogP contribution in [0.5, 0.6) is 0 Å². The largest absolute Gasteiger partial charge is 0.282 e. The Morgan fingerprint density at radius 3 is 2.19 bits per heavy atom. The first kappa shape index (κ1) is 11.8. The molecule has 2 rings (SSSR count). The van der Waals surface area contributed by atoms with Crippen LogP contribution < -0.4 is 0 Å². The lowest BCUT2D eigenvalue weighted by Crippen LogP contribution is -2.32. The average Bonchev–Trinajstić information content (AvgIpc) is 2.55. The third-order valence-corrected chi connectivity index (χ3v) is 3.92. The zero-order valence-electron chi connectivity index (χ0n) is 9.19. The molecule has 0 radical (unpaired) electrons. The highest BCUT2D eigenvalue weighted by Gasteiger charge is 2.46. The number of halogens is 1. The van der Waals surface area contributed by atoms with E-state index >= 15 is 0 Å². The highest BCUT2D eigenvalue weighted by molar-refractivity contribution is 9.09. The molecule has 2 unspecified atom stereocenters. The van der Waals surface area contributed by atoms with Crippen LogP contribution in [0.3, 0.4) is 0 Å². The fraction of sp³-hybridized carbons (Fsp3) is 0.667. The number of hydrogen-bond acceptors (Lipinski definition) is 2. The Kier molecular flexibility index (Phi) is 3.79. The van der Waals surface area contributed by atoms with Crippen molar-refractivity contribution in [3.63, 3.8) is 0 Å². The average molecular weight is 286 g/mol. The molecule has 1 fully saturated rings. The van der Waals surface area contributed by atoms with Crippen molar-refractivity contribution in [2.24, 2.45) is 11.8 Å². The maximum absolute atomic E-state index is 12.0. The number of rotatable bonds is 4. The van der Waals surface area contributed by atoms with E-state index in [0.29, 0.717) is 6.54 Å². The van der Waals surface area contributed by atoms with Crippen LogP contribution in [0.1, 0.15) is 25.7 Å². The lowest BCUT2D eigenvalue weighted by Gasteiger charge is -2.14. The number of alkyl halides is 1. The summed E-state index contributed by atoms with van der Waals surface area (Å²) < 4.78 is 0. The minimum atomic E-state index is -0.0681. The van der Waals surface area contributed by atoms with E-state index in [1.54, 1.807) is 0 Å². The maximum atomic E-state index is 12.0. The number of nitrogens with zero attached hydrogens (tertiary/aromatic N) is 1. The number of hydrogen-bond donors (Lipinski definition) is 0. The van der Waals surface area contributed by atoms with Crippen LogP contribution in [0.25, 0.3) is 0 Å². The fourth-order valence-electron chi connectivity index (χ4n) is 2.45. The van der Waals surface area contributed by atoms with E-state index in [2.05, 4.69) is 15.9 Å². The van der Waals surface area contributed by atoms with Crippen molar-refractivity contribution in [1.29, 1.82) is 0 Å². The van der Waals surface area contributed by atoms with Gasteiger partial charge in [0.05, 0.1) is 11.8 Å². The number of amides is 2. The highest BCUT2D eigenvalue weighted by atomic mass is 79.9. The third kappa shape index (κ3) is 2.08. The van der Waals surface area contributed by atoms with Crippen molar-refractivity contribution in [3.05, 3.63) is 12.2 Å². The lowest BCUT2D eigenvalue weighted by atomic mass is 9.85. The molecule has 0 N–H and O–H groups in total. The van der Waals surface area contributed by atoms with E-state index in [4.69, 9.17) is 0 Å². The predicted octanol–water partition coefficient (Wildman–Crippen LogP) is 2.11. The van der Waals surface area contributed by atoms with Crippen molar-refractivity contribution < 1.29 is 9.59 Å². The Hall–Kier alpha value is -0.640. The first-order chi connectivity index (χ1) is 7.75. The zero-order valence-corrected chi connectivity index (χ0v) is 10.8. The maximum Gasteiger partial charge on any atom is 0.233 e. The van der Waals surface area contributed by atoms with Crippen LogP contribution in [0.4, 0.5) is 0 Å². The second-order valence-corrected chi connectivity index (χ2v) is 5.17. The van der Waals surface area contributed by atoms with Gasteiger partial charge in [0, 0.05) is 11.9 Å². The van der Waals surface area contributed by atoms with Crippen LogP contribution in [-0.4, -0.2) is 28.6 Å². The zero-order chi connectivity index (χ0) is 11.5. The van der Waals surface area contributed by atoms with Gasteiger partial charge in [-0.2, -0.15) is 0 Å². The van der Waals surface area contributed by atoms with E-state index in [-0.39, 0.29) is 23.7 Å². The van der Waals surface area contributed by atoms with Crippen LogP contribution in [-0.2, 0) is 9.59 Å². The summed E-state index contributed by atoms with van der Waals surface area (Å²) in [5, 5.41) is 0.928. The summed E-state index contributed by atoms with van der Waals surface area (Å²) in [4.78, 5) is 25.5. The van der Waals surface area contributed by atoms with E-state index in [9.17, 15) is 9.59 Å². The molecule has 1 heterocycles. The van der Waals surface area contributed by atoms with Crippen molar-refractivity contribution in [3.8, 4) is 0 Å². The molecule has 1 aliphatic carbocycles. The van der Waals surface area contributed by atoms with Gasteiger partial charge in [-0.1, -0.05) is 28.1 Å². The monoisotopic (exact) mass is 285 g/mol. The van der Waals surface area contributed by atoms with Gasteiger partial charge in [0.2, 0.25) is 11.8 Å². The Morgan fingerprint density at radius 1 is 1.12 bits per heavy atom. The topological polar surface area (TPSA) is 37.4 Å². The van der Waals surface area contributed by atoms with E-state index in [1.807, 2.05) is 12.2 Å². The highest BCUT2D eigenvalue weighted by Crippen LogP contribution is 2.35. The van der Waals surface area contributed by atoms with Crippen molar-refractivity contribution in [1.82, 2.24) is 4.90 Å². The van der Waals surface area contributed by atoms with Crippen LogP contribution in [0.15, 0.2) is 12.2 Å². The Bertz CT molecular complexity index is 301. The number of unbranched alkanes of at least 4 members (excludes halogenated alkanes) is 1. The molecule has 0 saturated carbocycles. The number of allylic oxidation sites excluding steroid dienone is 2. The molecule has 2 atom stereocenters. The molecular formula is C12H16BrNO2. The van der Waals surface area contributed by atoms with Gasteiger partial charge in [-0.15, -0.1) is 0 Å². The molecule has 0 spiro atoms. The van der Waals surface area contributed by atoms with Crippen LogP contribution >= 0.6 is 15.9 Å². The molecule has 0 bridgehead atoms. The summed E-state index contributed by atoms with van der Waals surface area (Å²) >= 11 is 3.35. The molecule has 88 valence electrons. The molecule has 2 amide bonds. The molecule has 0 aromatic heterocycles. The first-order valence-electron chi connectivity index (χ1n) is 5.82. The minimum Gasteiger partial charge on any atom is -0.282 e. The SMILES string of the molecule is O=C1C2CC=CCC2C(=O)N1CCCCBr. The Morgan fingerprint density at radius 2 is 1.69 bits per heavy atom. The number of carbonyl (C=O) groups excluding carboxylic acids is 2. The number of imide groups is 1.